The van der Waals surface area contributed by atoms with Crippen LogP contribution in [-0.4, -0.2) is 25.7 Å². The van der Waals surface area contributed by atoms with Crippen molar-refractivity contribution in [3.05, 3.63) is 65.4 Å². The number of amides is 1. The molecule has 2 heterocycles. The molecular weight excluding hydrogens is 340 g/mol. The van der Waals surface area contributed by atoms with Gasteiger partial charge in [0.2, 0.25) is 0 Å². The predicted molar refractivity (Wildman–Crippen MR) is 102 cm³/mol. The van der Waals surface area contributed by atoms with Crippen molar-refractivity contribution in [1.82, 2.24) is 25.1 Å². The molecule has 0 spiro atoms. The van der Waals surface area contributed by atoms with Gasteiger partial charge in [-0.25, -0.2) is 14.6 Å². The Bertz CT molecular complexity index is 950. The molecule has 27 heavy (non-hydrogen) atoms. The van der Waals surface area contributed by atoms with E-state index in [9.17, 15) is 4.79 Å². The van der Waals surface area contributed by atoms with Crippen LogP contribution in [0.2, 0.25) is 0 Å². The molecule has 0 unspecified atom stereocenters. The van der Waals surface area contributed by atoms with Crippen LogP contribution in [0.4, 0.5) is 5.82 Å². The Morgan fingerprint density at radius 3 is 2.74 bits per heavy atom. The zero-order valence-electron chi connectivity index (χ0n) is 15.1. The van der Waals surface area contributed by atoms with Crippen molar-refractivity contribution in [2.75, 3.05) is 5.73 Å². The van der Waals surface area contributed by atoms with Gasteiger partial charge >= 0.3 is 0 Å². The number of aromatic nitrogens is 4. The largest absolute Gasteiger partial charge is 0.384 e. The summed E-state index contributed by atoms with van der Waals surface area (Å²) in [7, 11) is 0. The van der Waals surface area contributed by atoms with Crippen molar-refractivity contribution in [1.29, 1.82) is 0 Å². The quantitative estimate of drug-likeness (QED) is 0.695. The number of para-hydroxylation sites is 1. The SMILES string of the molecule is Nc1ccnc(CNC(=O)c2nn(-c3ccccc3)c3c2CCCCC3)n1. The molecule has 3 aromatic rings. The number of benzene rings is 1. The molecule has 0 saturated carbocycles. The first-order valence-electron chi connectivity index (χ1n) is 9.24. The third kappa shape index (κ3) is 3.67. The van der Waals surface area contributed by atoms with Crippen LogP contribution < -0.4 is 11.1 Å². The van der Waals surface area contributed by atoms with Gasteiger partial charge in [0.1, 0.15) is 11.6 Å². The minimum absolute atomic E-state index is 0.200. The molecule has 7 heteroatoms. The summed E-state index contributed by atoms with van der Waals surface area (Å²) in [6.07, 6.45) is 6.75. The van der Waals surface area contributed by atoms with E-state index < -0.39 is 0 Å². The van der Waals surface area contributed by atoms with Crippen molar-refractivity contribution < 1.29 is 4.79 Å². The number of nitrogens with two attached hydrogens (primary N) is 1. The highest BCUT2D eigenvalue weighted by atomic mass is 16.2. The van der Waals surface area contributed by atoms with E-state index in [0.29, 0.717) is 17.3 Å². The number of anilines is 1. The van der Waals surface area contributed by atoms with Gasteiger partial charge in [0, 0.05) is 17.5 Å². The summed E-state index contributed by atoms with van der Waals surface area (Å²) in [5.41, 5.74) is 9.35. The molecule has 0 fully saturated rings. The smallest absolute Gasteiger partial charge is 0.272 e. The van der Waals surface area contributed by atoms with Crippen molar-refractivity contribution >= 4 is 11.7 Å². The molecule has 0 bridgehead atoms. The Hall–Kier alpha value is -3.22. The summed E-state index contributed by atoms with van der Waals surface area (Å²) in [5.74, 6) is 0.669. The molecule has 0 aliphatic heterocycles. The maximum atomic E-state index is 12.9. The number of rotatable bonds is 4. The number of carbonyl (C=O) groups excluding carboxylic acids is 1. The topological polar surface area (TPSA) is 98.7 Å². The van der Waals surface area contributed by atoms with E-state index in [-0.39, 0.29) is 12.5 Å². The van der Waals surface area contributed by atoms with Crippen molar-refractivity contribution in [2.45, 2.75) is 38.6 Å². The van der Waals surface area contributed by atoms with Crippen LogP contribution in [0.3, 0.4) is 0 Å². The number of hydrogen-bond donors (Lipinski definition) is 2. The van der Waals surface area contributed by atoms with Crippen LogP contribution in [0, 0.1) is 0 Å². The second kappa shape index (κ2) is 7.57. The van der Waals surface area contributed by atoms with E-state index in [2.05, 4.69) is 20.4 Å². The van der Waals surface area contributed by atoms with Crippen LogP contribution in [0.5, 0.6) is 0 Å². The fraction of sp³-hybridized carbons (Fsp3) is 0.300. The second-order valence-corrected chi connectivity index (χ2v) is 6.66. The average Bonchev–Trinajstić information content (AvgIpc) is 2.88. The Morgan fingerprint density at radius 2 is 1.93 bits per heavy atom. The Morgan fingerprint density at radius 1 is 1.11 bits per heavy atom. The first kappa shape index (κ1) is 17.2. The third-order valence-electron chi connectivity index (χ3n) is 4.78. The third-order valence-corrected chi connectivity index (χ3v) is 4.78. The Kier molecular flexibility index (Phi) is 4.82. The summed E-state index contributed by atoms with van der Waals surface area (Å²) >= 11 is 0. The number of carbonyl (C=O) groups is 1. The normalized spacial score (nSPS) is 13.6. The van der Waals surface area contributed by atoms with Gasteiger partial charge in [0.15, 0.2) is 5.69 Å². The lowest BCUT2D eigenvalue weighted by Crippen LogP contribution is -2.25. The number of hydrogen-bond acceptors (Lipinski definition) is 5. The molecule has 0 saturated heterocycles. The first-order chi connectivity index (χ1) is 13.2. The highest BCUT2D eigenvalue weighted by Gasteiger charge is 2.24. The van der Waals surface area contributed by atoms with Crippen LogP contribution in [0.1, 0.15) is 46.8 Å². The van der Waals surface area contributed by atoms with Crippen LogP contribution in [0.25, 0.3) is 5.69 Å². The molecule has 0 radical (unpaired) electrons. The number of nitrogens with zero attached hydrogens (tertiary/aromatic N) is 4. The van der Waals surface area contributed by atoms with Gasteiger partial charge in [-0.3, -0.25) is 4.79 Å². The van der Waals surface area contributed by atoms with E-state index in [1.165, 1.54) is 6.42 Å². The van der Waals surface area contributed by atoms with E-state index in [1.807, 2.05) is 35.0 Å². The average molecular weight is 362 g/mol. The first-order valence-corrected chi connectivity index (χ1v) is 9.24. The zero-order valence-corrected chi connectivity index (χ0v) is 15.1. The fourth-order valence-electron chi connectivity index (χ4n) is 3.48. The summed E-state index contributed by atoms with van der Waals surface area (Å²) in [4.78, 5) is 21.1. The molecule has 2 aromatic heterocycles. The highest BCUT2D eigenvalue weighted by molar-refractivity contribution is 5.94. The summed E-state index contributed by atoms with van der Waals surface area (Å²) < 4.78 is 1.92. The number of nitrogens with one attached hydrogen (secondary N) is 1. The van der Waals surface area contributed by atoms with Crippen LogP contribution >= 0.6 is 0 Å². The molecule has 138 valence electrons. The van der Waals surface area contributed by atoms with Crippen molar-refractivity contribution in [2.24, 2.45) is 0 Å². The molecule has 3 N–H and O–H groups in total. The second-order valence-electron chi connectivity index (χ2n) is 6.66. The van der Waals surface area contributed by atoms with Gasteiger partial charge in [-0.1, -0.05) is 24.6 Å². The maximum absolute atomic E-state index is 12.9. The Labute approximate surface area is 157 Å². The van der Waals surface area contributed by atoms with Gasteiger partial charge in [-0.05, 0) is 43.9 Å². The van der Waals surface area contributed by atoms with Crippen LogP contribution in [-0.2, 0) is 19.4 Å². The maximum Gasteiger partial charge on any atom is 0.272 e. The standard InChI is InChI=1S/C20H22N6O/c21-17-11-12-22-18(24-17)13-23-20(27)19-15-9-5-2-6-10-16(15)26(25-19)14-7-3-1-4-8-14/h1,3-4,7-8,11-12H,2,5-6,9-10,13H2,(H,23,27)(H2,21,22,24). The summed E-state index contributed by atoms with van der Waals surface area (Å²) in [6, 6.07) is 11.6. The lowest BCUT2D eigenvalue weighted by Gasteiger charge is -2.06. The number of fused-ring (bicyclic) bond motifs is 1. The minimum atomic E-state index is -0.200. The Balaban J connectivity index is 1.63. The molecule has 7 nitrogen and oxygen atoms in total. The zero-order chi connectivity index (χ0) is 18.6. The monoisotopic (exact) mass is 362 g/mol. The van der Waals surface area contributed by atoms with E-state index in [0.717, 1.165) is 42.6 Å². The molecule has 1 aliphatic rings. The van der Waals surface area contributed by atoms with Crippen molar-refractivity contribution in [3.63, 3.8) is 0 Å². The van der Waals surface area contributed by atoms with E-state index in [1.54, 1.807) is 12.3 Å². The van der Waals surface area contributed by atoms with Crippen molar-refractivity contribution in [3.8, 4) is 5.69 Å². The molecule has 1 aliphatic carbocycles. The lowest BCUT2D eigenvalue weighted by atomic mass is 10.1. The summed E-state index contributed by atoms with van der Waals surface area (Å²) in [5, 5.41) is 7.56. The van der Waals surface area contributed by atoms with Gasteiger partial charge in [-0.15, -0.1) is 0 Å². The fourth-order valence-corrected chi connectivity index (χ4v) is 3.48. The van der Waals surface area contributed by atoms with Gasteiger partial charge in [0.05, 0.1) is 12.2 Å². The molecule has 1 aromatic carbocycles. The molecule has 1 amide bonds. The van der Waals surface area contributed by atoms with Gasteiger partial charge in [0.25, 0.3) is 5.91 Å². The van der Waals surface area contributed by atoms with Gasteiger partial charge < -0.3 is 11.1 Å². The minimum Gasteiger partial charge on any atom is -0.384 e. The lowest BCUT2D eigenvalue weighted by molar-refractivity contribution is 0.0943. The van der Waals surface area contributed by atoms with Crippen LogP contribution in [0.15, 0.2) is 42.6 Å². The molecule has 0 atom stereocenters. The van der Waals surface area contributed by atoms with E-state index in [4.69, 9.17) is 5.73 Å². The molecule has 4 rings (SSSR count). The summed E-state index contributed by atoms with van der Waals surface area (Å²) in [6.45, 7) is 0.219. The molecular formula is C20H22N6O. The predicted octanol–water partition coefficient (Wildman–Crippen LogP) is 2.44. The highest BCUT2D eigenvalue weighted by Crippen LogP contribution is 2.26. The van der Waals surface area contributed by atoms with Gasteiger partial charge in [-0.2, -0.15) is 5.10 Å². The number of nitrogen functional groups attached to an aromatic ring is 1. The van der Waals surface area contributed by atoms with E-state index >= 15 is 0 Å².